The highest BCUT2D eigenvalue weighted by molar-refractivity contribution is 6.65. The number of halogens is 2. The number of piperidine rings is 2. The van der Waals surface area contributed by atoms with Gasteiger partial charge < -0.3 is 24.6 Å². The first kappa shape index (κ1) is 52.2. The second-order valence-electron chi connectivity index (χ2n) is 24.1. The maximum Gasteiger partial charge on any atom is 0.329 e. The molecule has 1 unspecified atom stereocenters. The lowest BCUT2D eigenvalue weighted by Gasteiger charge is -2.80. The first-order valence-corrected chi connectivity index (χ1v) is 26.1. The summed E-state index contributed by atoms with van der Waals surface area (Å²) >= 11 is 0. The normalized spacial score (nSPS) is 26.0. The number of hydrogen-bond acceptors (Lipinski definition) is 11. The summed E-state index contributed by atoms with van der Waals surface area (Å²) in [6.45, 7) is 1.48. The van der Waals surface area contributed by atoms with E-state index in [1.807, 2.05) is 18.2 Å². The van der Waals surface area contributed by atoms with Crippen LogP contribution in [0.3, 0.4) is 0 Å². The minimum Gasteiger partial charge on any atom is -0.374 e. The first-order valence-electron chi connectivity index (χ1n) is 26.1. The zero-order valence-electron chi connectivity index (χ0n) is 44.8. The van der Waals surface area contributed by atoms with Crippen LogP contribution in [0.5, 0.6) is 0 Å². The molecule has 4 aliphatic heterocycles. The predicted molar refractivity (Wildman–Crippen MR) is 308 cm³/mol. The van der Waals surface area contributed by atoms with Crippen LogP contribution in [0.2, 0.25) is 10.4 Å². The average molecular weight is 996 g/mol. The number of anilines is 2. The number of amides is 3. The first-order chi connectivity index (χ1) is 34.7. The highest BCUT2D eigenvalue weighted by atomic mass is 19.3. The Hall–Kier alpha value is -5.26. The second kappa shape index (κ2) is 18.2. The fourth-order valence-electron chi connectivity index (χ4n) is 14.2. The Kier molecular flexibility index (Phi) is 12.8. The van der Waals surface area contributed by atoms with E-state index in [0.717, 1.165) is 44.5 Å². The van der Waals surface area contributed by atoms with Gasteiger partial charge in [0.05, 0.1) is 53.3 Å². The number of fused-ring (bicyclic) bond motifs is 4. The number of benzene rings is 1. The zero-order valence-corrected chi connectivity index (χ0v) is 44.8. The number of carbonyl (C=O) groups is 3. The third-order valence-electron chi connectivity index (χ3n) is 19.5. The van der Waals surface area contributed by atoms with Gasteiger partial charge in [0.25, 0.3) is 12.3 Å². The number of nitrogens with one attached hydrogen (secondary N) is 2. The summed E-state index contributed by atoms with van der Waals surface area (Å²) in [6, 6.07) is 6.64. The molecule has 0 spiro atoms. The fourth-order valence-corrected chi connectivity index (χ4v) is 14.2. The van der Waals surface area contributed by atoms with Crippen molar-refractivity contribution in [1.82, 2.24) is 43.7 Å². The highest BCUT2D eigenvalue weighted by Gasteiger charge is 2.70. The van der Waals surface area contributed by atoms with Gasteiger partial charge in [-0.2, -0.15) is 10.2 Å². The van der Waals surface area contributed by atoms with Crippen LogP contribution in [0.1, 0.15) is 85.1 Å². The molecule has 4 aromatic heterocycles. The lowest BCUT2D eigenvalue weighted by molar-refractivity contribution is -0.135. The van der Waals surface area contributed by atoms with Crippen LogP contribution in [0.15, 0.2) is 47.7 Å². The zero-order chi connectivity index (χ0) is 53.2. The van der Waals surface area contributed by atoms with Crippen molar-refractivity contribution < 1.29 is 32.6 Å². The maximum atomic E-state index is 14.7. The van der Waals surface area contributed by atoms with Crippen LogP contribution in [0.25, 0.3) is 16.7 Å². The summed E-state index contributed by atoms with van der Waals surface area (Å²) in [5, 5.41) is 11.8. The summed E-state index contributed by atoms with van der Waals surface area (Å²) in [6.07, 6.45) is 6.44. The van der Waals surface area contributed by atoms with Gasteiger partial charge in [0, 0.05) is 37.9 Å². The largest absolute Gasteiger partial charge is 0.374 e. The van der Waals surface area contributed by atoms with Gasteiger partial charge in [0.15, 0.2) is 11.3 Å². The number of likely N-dealkylation sites (tertiary alicyclic amines) is 1. The molecule has 3 amide bonds. The molecule has 4 saturated heterocycles. The number of aryl methyl sites for hydroxylation is 1. The van der Waals surface area contributed by atoms with Gasteiger partial charge in [0.2, 0.25) is 11.8 Å². The molecule has 374 valence electrons. The number of carbonyl (C=O) groups excluding carboxylic acids is 3. The van der Waals surface area contributed by atoms with E-state index in [4.69, 9.17) is 14.5 Å². The predicted octanol–water partition coefficient (Wildman–Crippen LogP) is -7.31. The van der Waals surface area contributed by atoms with Crippen molar-refractivity contribution >= 4 is 132 Å². The molecule has 2 N–H and O–H groups in total. The number of aromatic nitrogens is 7. The Balaban J connectivity index is 0.838. The van der Waals surface area contributed by atoms with Crippen LogP contribution in [-0.4, -0.2) is 196 Å². The molecule has 17 nitrogen and oxygen atoms in total. The lowest BCUT2D eigenvalue weighted by Crippen LogP contribution is -2.89. The number of alkyl halides is 2. The van der Waals surface area contributed by atoms with Crippen molar-refractivity contribution in [1.29, 1.82) is 0 Å². The van der Waals surface area contributed by atoms with Crippen molar-refractivity contribution in [2.24, 2.45) is 13.0 Å². The second-order valence-corrected chi connectivity index (χ2v) is 24.1. The number of ether oxygens (including phenoxy) is 2. The highest BCUT2D eigenvalue weighted by Crippen LogP contribution is 2.64. The third kappa shape index (κ3) is 7.93. The average Bonchev–Trinajstić information content (AvgIpc) is 4.20. The number of para-hydroxylation sites is 1. The van der Waals surface area contributed by atoms with Crippen LogP contribution in [-0.2, 0) is 26.1 Å². The van der Waals surface area contributed by atoms with E-state index in [9.17, 15) is 28.0 Å². The van der Waals surface area contributed by atoms with Crippen molar-refractivity contribution in [3.8, 4) is 11.8 Å². The quantitative estimate of drug-likeness (QED) is 0.0774. The molecule has 3 atom stereocenters. The Labute approximate surface area is 439 Å². The SMILES string of the molecule is BC(B)(C1CCC(n2cc(NC(=O)c3cnn4ccc(N5C[C@H]6C[C@@H]5CO6)nc34)c(C(F)F)n2)CC1)N1C(B)(B)C(B)(B)C(B)(OCC#Cc2cccc3c2n(C)c(=O)n3C2CCC(=O)NC2=O)C(B)(B)C1(B)B. The molecule has 1 aliphatic carbocycles. The summed E-state index contributed by atoms with van der Waals surface area (Å²) in [7, 11) is 27.0. The number of imidazole rings is 1. The van der Waals surface area contributed by atoms with Crippen LogP contribution < -0.4 is 21.2 Å². The number of imide groups is 1. The number of morpholine rings is 1. The van der Waals surface area contributed by atoms with Crippen molar-refractivity contribution in [3.05, 3.63) is 70.2 Å². The monoisotopic (exact) mass is 998 g/mol. The topological polar surface area (TPSA) is 175 Å². The smallest absolute Gasteiger partial charge is 0.329 e. The Morgan fingerprint density at radius 1 is 0.986 bits per heavy atom. The van der Waals surface area contributed by atoms with E-state index in [1.54, 1.807) is 30.2 Å². The van der Waals surface area contributed by atoms with Gasteiger partial charge in [0.1, 0.15) is 110 Å². The molecule has 1 saturated carbocycles. The van der Waals surface area contributed by atoms with Crippen molar-refractivity contribution in [2.75, 3.05) is 30.0 Å². The Morgan fingerprint density at radius 3 is 2.32 bits per heavy atom. The Morgan fingerprint density at radius 2 is 1.69 bits per heavy atom. The number of hydrogen-bond donors (Lipinski definition) is 2. The van der Waals surface area contributed by atoms with Crippen molar-refractivity contribution in [2.45, 2.75) is 108 Å². The number of rotatable bonds is 10. The van der Waals surface area contributed by atoms with Gasteiger partial charge in [-0.1, -0.05) is 28.3 Å². The number of nitrogens with zero attached hydrogens (tertiary/aromatic N) is 9. The summed E-state index contributed by atoms with van der Waals surface area (Å²) in [4.78, 5) is 61.9. The summed E-state index contributed by atoms with van der Waals surface area (Å²) in [5.41, 5.74) is 0.784. The van der Waals surface area contributed by atoms with Gasteiger partial charge >= 0.3 is 5.69 Å². The minimum atomic E-state index is -2.90. The fraction of sp³-hybridized carbons (Fsp3) is 0.523. The van der Waals surface area contributed by atoms with Gasteiger partial charge in [-0.15, -0.1) is 0 Å². The molecule has 1 aromatic carbocycles. The molecule has 5 aliphatic rings. The molecule has 5 fully saturated rings. The standard InChI is InChI=1S/C44H60B11F2N11O6/c1-63-33-21(4-2-6-28(33)67(38(63)72)29-11-12-31(69)61-37(29)71)5-3-15-74-42(51)40(47,48)43(52,53)68(44(54,55)41(42,49)50)39(45,46)22-7-9-23(10-8-22)66-19-27(32(62-66)34(56)57)59-36(70)26-17-58-65-14-13-30(60-35(26)65)64-18-25-16-24(64)20-73-25/h2,4,6,13-14,17,19,22-25,29,34H,7-12,15-16,18,20,45-55H2,1H3,(H,59,70)(H,61,69,71)/t22?,23?,24-,25-,29?/m1/s1. The van der Waals surface area contributed by atoms with E-state index in [-0.39, 0.29) is 71.7 Å². The molecule has 10 rings (SSSR count). The molecule has 8 heterocycles. The lowest BCUT2D eigenvalue weighted by atomic mass is 9.11. The molecule has 5 aromatic rings. The molecular weight excluding hydrogens is 935 g/mol. The van der Waals surface area contributed by atoms with Crippen LogP contribution in [0.4, 0.5) is 20.3 Å². The maximum absolute atomic E-state index is 14.7. The molecule has 30 heteroatoms. The summed E-state index contributed by atoms with van der Waals surface area (Å²) < 4.78 is 48.4. The molecule has 74 heavy (non-hydrogen) atoms. The van der Waals surface area contributed by atoms with Gasteiger partial charge in [-0.3, -0.25) is 33.5 Å². The summed E-state index contributed by atoms with van der Waals surface area (Å²) in [5.74, 6) is 6.14. The Bertz CT molecular complexity index is 3210. The van der Waals surface area contributed by atoms with E-state index >= 15 is 0 Å². The molecule has 0 radical (unpaired) electrons. The van der Waals surface area contributed by atoms with E-state index in [2.05, 4.69) is 129 Å². The molecule has 2 bridgehead atoms. The third-order valence-corrected chi connectivity index (χ3v) is 19.5. The van der Waals surface area contributed by atoms with Gasteiger partial charge in [-0.25, -0.2) is 23.1 Å². The van der Waals surface area contributed by atoms with Crippen LogP contribution in [0, 0.1) is 17.8 Å². The van der Waals surface area contributed by atoms with Gasteiger partial charge in [-0.05, 0) is 78.7 Å². The van der Waals surface area contributed by atoms with Crippen LogP contribution >= 0.6 is 0 Å². The van der Waals surface area contributed by atoms with E-state index in [0.29, 0.717) is 28.9 Å². The van der Waals surface area contributed by atoms with Crippen molar-refractivity contribution in [3.63, 3.8) is 0 Å². The molecular formula is C44H60B11F2N11O6. The minimum absolute atomic E-state index is 0.0273. The van der Waals surface area contributed by atoms with E-state index < -0.39 is 56.6 Å². The van der Waals surface area contributed by atoms with E-state index in [1.165, 1.54) is 19.8 Å².